The van der Waals surface area contributed by atoms with Crippen LogP contribution in [-0.4, -0.2) is 36.5 Å². The van der Waals surface area contributed by atoms with Gasteiger partial charge < -0.3 is 15.7 Å². The standard InChI is InChI=1S/C7H12N2O4/c1-8-7(13)9-4-5(10)2-3-6(11)12/h2-4H2,1H3,(H,11,12)(H2,8,9,13). The average Bonchev–Trinajstić information content (AvgIpc) is 2.10. The number of carboxylic acid groups (broad SMARTS) is 1. The van der Waals surface area contributed by atoms with Crippen LogP contribution >= 0.6 is 0 Å². The third kappa shape index (κ3) is 6.79. The lowest BCUT2D eigenvalue weighted by molar-refractivity contribution is -0.138. The van der Waals surface area contributed by atoms with Gasteiger partial charge in [-0.05, 0) is 0 Å². The van der Waals surface area contributed by atoms with Crippen LogP contribution in [0.5, 0.6) is 0 Å². The monoisotopic (exact) mass is 188 g/mol. The minimum Gasteiger partial charge on any atom is -0.481 e. The van der Waals surface area contributed by atoms with Gasteiger partial charge in [-0.15, -0.1) is 0 Å². The van der Waals surface area contributed by atoms with Gasteiger partial charge in [0.25, 0.3) is 0 Å². The van der Waals surface area contributed by atoms with Crippen molar-refractivity contribution in [1.29, 1.82) is 0 Å². The van der Waals surface area contributed by atoms with Gasteiger partial charge in [0.2, 0.25) is 0 Å². The summed E-state index contributed by atoms with van der Waals surface area (Å²) in [6.07, 6.45) is -0.256. The Morgan fingerprint density at radius 1 is 1.23 bits per heavy atom. The van der Waals surface area contributed by atoms with Crippen molar-refractivity contribution < 1.29 is 19.5 Å². The molecule has 0 heterocycles. The molecule has 0 radical (unpaired) electrons. The van der Waals surface area contributed by atoms with Gasteiger partial charge in [0.1, 0.15) is 0 Å². The van der Waals surface area contributed by atoms with Gasteiger partial charge in [0.15, 0.2) is 5.78 Å². The van der Waals surface area contributed by atoms with Crippen LogP contribution in [0, 0.1) is 0 Å². The minimum atomic E-state index is -1.02. The van der Waals surface area contributed by atoms with E-state index in [2.05, 4.69) is 10.6 Å². The lowest BCUT2D eigenvalue weighted by Crippen LogP contribution is -2.36. The molecular formula is C7H12N2O4. The largest absolute Gasteiger partial charge is 0.481 e. The first-order chi connectivity index (χ1) is 6.06. The third-order valence-corrected chi connectivity index (χ3v) is 1.29. The first-order valence-electron chi connectivity index (χ1n) is 3.75. The predicted molar refractivity (Wildman–Crippen MR) is 44.3 cm³/mol. The summed E-state index contributed by atoms with van der Waals surface area (Å²) in [5.41, 5.74) is 0. The molecule has 6 nitrogen and oxygen atoms in total. The fourth-order valence-corrected chi connectivity index (χ4v) is 0.602. The van der Waals surface area contributed by atoms with E-state index in [0.717, 1.165) is 0 Å². The highest BCUT2D eigenvalue weighted by atomic mass is 16.4. The van der Waals surface area contributed by atoms with Crippen LogP contribution in [0.1, 0.15) is 12.8 Å². The molecule has 0 unspecified atom stereocenters. The number of nitrogens with one attached hydrogen (secondary N) is 2. The molecule has 0 aromatic carbocycles. The number of carboxylic acids is 1. The van der Waals surface area contributed by atoms with Crippen LogP contribution in [0.4, 0.5) is 4.79 Å². The lowest BCUT2D eigenvalue weighted by Gasteiger charge is -2.01. The molecule has 0 aromatic rings. The SMILES string of the molecule is CNC(=O)NCC(=O)CCC(=O)O. The van der Waals surface area contributed by atoms with E-state index in [-0.39, 0.29) is 25.2 Å². The summed E-state index contributed by atoms with van der Waals surface area (Å²) in [5.74, 6) is -1.32. The van der Waals surface area contributed by atoms with Gasteiger partial charge in [-0.3, -0.25) is 9.59 Å². The van der Waals surface area contributed by atoms with Gasteiger partial charge in [0, 0.05) is 13.5 Å². The first-order valence-corrected chi connectivity index (χ1v) is 3.75. The Kier molecular flexibility index (Phi) is 5.25. The molecule has 0 aliphatic heterocycles. The van der Waals surface area contributed by atoms with Crippen molar-refractivity contribution in [3.8, 4) is 0 Å². The number of ketones is 1. The molecule has 0 aliphatic carbocycles. The molecule has 0 atom stereocenters. The van der Waals surface area contributed by atoms with Gasteiger partial charge in [0.05, 0.1) is 13.0 Å². The fraction of sp³-hybridized carbons (Fsp3) is 0.571. The second-order valence-electron chi connectivity index (χ2n) is 2.37. The van der Waals surface area contributed by atoms with E-state index >= 15 is 0 Å². The maximum Gasteiger partial charge on any atom is 0.314 e. The molecule has 13 heavy (non-hydrogen) atoms. The number of carbonyl (C=O) groups is 3. The highest BCUT2D eigenvalue weighted by molar-refractivity contribution is 5.87. The summed E-state index contributed by atoms with van der Waals surface area (Å²) < 4.78 is 0. The number of hydrogen-bond acceptors (Lipinski definition) is 3. The quantitative estimate of drug-likeness (QED) is 0.534. The maximum atomic E-state index is 10.9. The number of carbonyl (C=O) groups excluding carboxylic acids is 2. The highest BCUT2D eigenvalue weighted by Gasteiger charge is 2.06. The summed E-state index contributed by atoms with van der Waals surface area (Å²) in [7, 11) is 1.43. The molecule has 0 fully saturated rings. The number of aliphatic carboxylic acids is 1. The van der Waals surface area contributed by atoms with Crippen LogP contribution in [0.25, 0.3) is 0 Å². The van der Waals surface area contributed by atoms with E-state index in [9.17, 15) is 14.4 Å². The Bertz CT molecular complexity index is 215. The van der Waals surface area contributed by atoms with Gasteiger partial charge in [-0.2, -0.15) is 0 Å². The van der Waals surface area contributed by atoms with Gasteiger partial charge in [-0.1, -0.05) is 0 Å². The van der Waals surface area contributed by atoms with Crippen molar-refractivity contribution in [3.05, 3.63) is 0 Å². The van der Waals surface area contributed by atoms with Crippen molar-refractivity contribution in [1.82, 2.24) is 10.6 Å². The van der Waals surface area contributed by atoms with Crippen molar-refractivity contribution >= 4 is 17.8 Å². The molecule has 0 saturated heterocycles. The van der Waals surface area contributed by atoms with E-state index in [1.54, 1.807) is 0 Å². The van der Waals surface area contributed by atoms with Crippen LogP contribution in [-0.2, 0) is 9.59 Å². The topological polar surface area (TPSA) is 95.5 Å². The number of rotatable bonds is 5. The van der Waals surface area contributed by atoms with Crippen molar-refractivity contribution in [3.63, 3.8) is 0 Å². The molecule has 0 aliphatic rings. The van der Waals surface area contributed by atoms with E-state index < -0.39 is 12.0 Å². The van der Waals surface area contributed by atoms with Crippen molar-refractivity contribution in [2.75, 3.05) is 13.6 Å². The second-order valence-corrected chi connectivity index (χ2v) is 2.37. The molecule has 0 rings (SSSR count). The van der Waals surface area contributed by atoms with Crippen LogP contribution in [0.3, 0.4) is 0 Å². The normalized spacial score (nSPS) is 9.00. The molecule has 74 valence electrons. The van der Waals surface area contributed by atoms with E-state index in [4.69, 9.17) is 5.11 Å². The summed E-state index contributed by atoms with van der Waals surface area (Å²) in [4.78, 5) is 31.5. The summed E-state index contributed by atoms with van der Waals surface area (Å²) in [6, 6.07) is -0.455. The Morgan fingerprint density at radius 2 is 1.85 bits per heavy atom. The zero-order valence-electron chi connectivity index (χ0n) is 7.29. The Morgan fingerprint density at radius 3 is 2.31 bits per heavy atom. The average molecular weight is 188 g/mol. The highest BCUT2D eigenvalue weighted by Crippen LogP contribution is 1.89. The number of amides is 2. The van der Waals surface area contributed by atoms with Crippen molar-refractivity contribution in [2.45, 2.75) is 12.8 Å². The fourth-order valence-electron chi connectivity index (χ4n) is 0.602. The number of Topliss-reactive ketones (excluding diaryl/α,β-unsaturated/α-hetero) is 1. The minimum absolute atomic E-state index is 0.0562. The molecule has 0 saturated carbocycles. The van der Waals surface area contributed by atoms with Crippen LogP contribution in [0.2, 0.25) is 0 Å². The Hall–Kier alpha value is -1.59. The molecule has 2 amide bonds. The lowest BCUT2D eigenvalue weighted by atomic mass is 10.2. The molecule has 6 heteroatoms. The number of urea groups is 1. The molecule has 3 N–H and O–H groups in total. The second kappa shape index (κ2) is 5.99. The molecular weight excluding hydrogens is 176 g/mol. The molecule has 0 bridgehead atoms. The predicted octanol–water partition coefficient (Wildman–Crippen LogP) is -0.651. The Labute approximate surface area is 75.3 Å². The zero-order chi connectivity index (χ0) is 10.3. The molecule has 0 spiro atoms. The summed E-state index contributed by atoms with van der Waals surface area (Å²) in [5, 5.41) is 12.8. The first kappa shape index (κ1) is 11.4. The number of hydrogen-bond donors (Lipinski definition) is 3. The van der Waals surface area contributed by atoms with Gasteiger partial charge >= 0.3 is 12.0 Å². The van der Waals surface area contributed by atoms with Crippen LogP contribution in [0.15, 0.2) is 0 Å². The van der Waals surface area contributed by atoms with Crippen molar-refractivity contribution in [2.24, 2.45) is 0 Å². The summed E-state index contributed by atoms with van der Waals surface area (Å²) >= 11 is 0. The smallest absolute Gasteiger partial charge is 0.314 e. The van der Waals surface area contributed by atoms with Gasteiger partial charge in [-0.25, -0.2) is 4.79 Å². The Balaban J connectivity index is 3.52. The zero-order valence-corrected chi connectivity index (χ0v) is 7.29. The van der Waals surface area contributed by atoms with Crippen LogP contribution < -0.4 is 10.6 Å². The van der Waals surface area contributed by atoms with E-state index in [0.29, 0.717) is 0 Å². The van der Waals surface area contributed by atoms with E-state index in [1.165, 1.54) is 7.05 Å². The summed E-state index contributed by atoms with van der Waals surface area (Å²) in [6.45, 7) is -0.132. The van der Waals surface area contributed by atoms with E-state index in [1.807, 2.05) is 0 Å². The maximum absolute atomic E-state index is 10.9. The molecule has 0 aromatic heterocycles. The third-order valence-electron chi connectivity index (χ3n) is 1.29.